The van der Waals surface area contributed by atoms with Gasteiger partial charge in [-0.15, -0.1) is 0 Å². The van der Waals surface area contributed by atoms with Crippen molar-refractivity contribution in [2.45, 2.75) is 51.8 Å². The predicted molar refractivity (Wildman–Crippen MR) is 90.8 cm³/mol. The second-order valence-electron chi connectivity index (χ2n) is 7.07. The summed E-state index contributed by atoms with van der Waals surface area (Å²) in [5.41, 5.74) is 0.451. The molecule has 0 unspecified atom stereocenters. The minimum absolute atomic E-state index is 0.0910. The van der Waals surface area contributed by atoms with E-state index in [0.29, 0.717) is 19.6 Å². The van der Waals surface area contributed by atoms with Gasteiger partial charge >= 0.3 is 6.09 Å². The molecule has 132 valence electrons. The van der Waals surface area contributed by atoms with Crippen molar-refractivity contribution < 1.29 is 14.5 Å². The van der Waals surface area contributed by atoms with Crippen LogP contribution in [0.5, 0.6) is 0 Å². The number of non-ortho nitro benzene ring substituents is 1. The van der Waals surface area contributed by atoms with Crippen molar-refractivity contribution >= 4 is 11.8 Å². The number of nitro groups is 1. The van der Waals surface area contributed by atoms with E-state index in [9.17, 15) is 14.9 Å². The van der Waals surface area contributed by atoms with E-state index in [4.69, 9.17) is 4.74 Å². The lowest BCUT2D eigenvalue weighted by Crippen LogP contribution is -2.49. The molecule has 1 amide bonds. The van der Waals surface area contributed by atoms with E-state index >= 15 is 0 Å². The summed E-state index contributed by atoms with van der Waals surface area (Å²) in [5.74, 6) is 0. The number of carbonyl (C=O) groups excluding carboxylic acids is 1. The van der Waals surface area contributed by atoms with Crippen molar-refractivity contribution in [2.24, 2.45) is 0 Å². The molecule has 7 heteroatoms. The van der Waals surface area contributed by atoms with Crippen LogP contribution >= 0.6 is 0 Å². The highest BCUT2D eigenvalue weighted by Crippen LogP contribution is 2.17. The number of piperidine rings is 1. The molecule has 0 spiro atoms. The quantitative estimate of drug-likeness (QED) is 0.675. The van der Waals surface area contributed by atoms with Gasteiger partial charge in [0.15, 0.2) is 0 Å². The van der Waals surface area contributed by atoms with Crippen LogP contribution in [0.4, 0.5) is 10.5 Å². The van der Waals surface area contributed by atoms with Gasteiger partial charge in [0.25, 0.3) is 5.69 Å². The maximum absolute atomic E-state index is 12.2. The highest BCUT2D eigenvalue weighted by atomic mass is 16.6. The smallest absolute Gasteiger partial charge is 0.410 e. The fourth-order valence-corrected chi connectivity index (χ4v) is 2.68. The molecular formula is C17H25N3O4. The van der Waals surface area contributed by atoms with Crippen LogP contribution < -0.4 is 5.32 Å². The van der Waals surface area contributed by atoms with E-state index in [1.54, 1.807) is 17.0 Å². The van der Waals surface area contributed by atoms with E-state index in [-0.39, 0.29) is 17.8 Å². The Morgan fingerprint density at radius 2 is 2.21 bits per heavy atom. The van der Waals surface area contributed by atoms with Crippen LogP contribution in [0.1, 0.15) is 39.2 Å². The lowest BCUT2D eigenvalue weighted by Gasteiger charge is -2.34. The van der Waals surface area contributed by atoms with Crippen LogP contribution in [0.25, 0.3) is 0 Å². The van der Waals surface area contributed by atoms with Gasteiger partial charge in [-0.3, -0.25) is 10.1 Å². The molecule has 2 rings (SSSR count). The first kappa shape index (κ1) is 18.2. The van der Waals surface area contributed by atoms with Crippen molar-refractivity contribution in [1.82, 2.24) is 10.2 Å². The third kappa shape index (κ3) is 5.49. The molecule has 1 aromatic carbocycles. The van der Waals surface area contributed by atoms with Gasteiger partial charge in [-0.2, -0.15) is 0 Å². The Morgan fingerprint density at radius 1 is 1.46 bits per heavy atom. The molecule has 1 atom stereocenters. The molecule has 1 heterocycles. The summed E-state index contributed by atoms with van der Waals surface area (Å²) in [4.78, 5) is 24.3. The molecule has 1 aliphatic rings. The highest BCUT2D eigenvalue weighted by molar-refractivity contribution is 5.68. The van der Waals surface area contributed by atoms with Crippen molar-refractivity contribution in [1.29, 1.82) is 0 Å². The number of hydrogen-bond donors (Lipinski definition) is 1. The first-order chi connectivity index (χ1) is 11.2. The summed E-state index contributed by atoms with van der Waals surface area (Å²) < 4.78 is 5.41. The molecule has 1 aromatic rings. The molecule has 1 N–H and O–H groups in total. The van der Waals surface area contributed by atoms with Crippen LogP contribution in [-0.2, 0) is 11.3 Å². The van der Waals surface area contributed by atoms with E-state index in [1.165, 1.54) is 6.07 Å². The van der Waals surface area contributed by atoms with Gasteiger partial charge in [0.1, 0.15) is 5.60 Å². The van der Waals surface area contributed by atoms with Crippen molar-refractivity contribution in [3.05, 3.63) is 39.9 Å². The van der Waals surface area contributed by atoms with E-state index in [2.05, 4.69) is 5.32 Å². The SMILES string of the molecule is CC(C)(C)OC(=O)N1CCC[C@@H](NCc2cccc([N+](=O)[O-])c2)C1. The molecule has 0 aliphatic carbocycles. The molecule has 7 nitrogen and oxygen atoms in total. The molecular weight excluding hydrogens is 310 g/mol. The summed E-state index contributed by atoms with van der Waals surface area (Å²) in [7, 11) is 0. The van der Waals surface area contributed by atoms with E-state index < -0.39 is 10.5 Å². The predicted octanol–water partition coefficient (Wildman–Crippen LogP) is 3.08. The zero-order valence-corrected chi connectivity index (χ0v) is 14.4. The lowest BCUT2D eigenvalue weighted by atomic mass is 10.1. The number of nitro benzene ring substituents is 1. The summed E-state index contributed by atoms with van der Waals surface area (Å²) in [6.45, 7) is 7.38. The highest BCUT2D eigenvalue weighted by Gasteiger charge is 2.27. The zero-order chi connectivity index (χ0) is 17.7. The zero-order valence-electron chi connectivity index (χ0n) is 14.4. The Bertz CT molecular complexity index is 598. The molecule has 0 radical (unpaired) electrons. The molecule has 1 fully saturated rings. The fraction of sp³-hybridized carbons (Fsp3) is 0.588. The standard InChI is InChI=1S/C17H25N3O4/c1-17(2,3)24-16(21)19-9-5-7-14(12-19)18-11-13-6-4-8-15(10-13)20(22)23/h4,6,8,10,14,18H,5,7,9,11-12H2,1-3H3/t14-/m1/s1. The molecule has 1 saturated heterocycles. The number of nitrogens with one attached hydrogen (secondary N) is 1. The number of benzene rings is 1. The first-order valence-electron chi connectivity index (χ1n) is 8.19. The summed E-state index contributed by atoms with van der Waals surface area (Å²) in [6, 6.07) is 6.75. The molecule has 1 aliphatic heterocycles. The Kier molecular flexibility index (Phi) is 5.77. The lowest BCUT2D eigenvalue weighted by molar-refractivity contribution is -0.384. The van der Waals surface area contributed by atoms with E-state index in [0.717, 1.165) is 18.4 Å². The largest absolute Gasteiger partial charge is 0.444 e. The second kappa shape index (κ2) is 7.61. The van der Waals surface area contributed by atoms with Crippen molar-refractivity contribution in [3.8, 4) is 0 Å². The maximum atomic E-state index is 12.2. The number of rotatable bonds is 4. The molecule has 0 aromatic heterocycles. The van der Waals surface area contributed by atoms with Crippen LogP contribution in [0.3, 0.4) is 0 Å². The molecule has 0 bridgehead atoms. The second-order valence-corrected chi connectivity index (χ2v) is 7.07. The van der Waals surface area contributed by atoms with Crippen LogP contribution in [-0.4, -0.2) is 40.6 Å². The van der Waals surface area contributed by atoms with Gasteiger partial charge in [0.05, 0.1) is 4.92 Å². The average molecular weight is 335 g/mol. The molecule has 0 saturated carbocycles. The number of ether oxygens (including phenoxy) is 1. The third-order valence-corrected chi connectivity index (χ3v) is 3.79. The van der Waals surface area contributed by atoms with Crippen molar-refractivity contribution in [2.75, 3.05) is 13.1 Å². The average Bonchev–Trinajstić information content (AvgIpc) is 2.52. The van der Waals surface area contributed by atoms with Gasteiger partial charge in [-0.25, -0.2) is 4.79 Å². The Balaban J connectivity index is 1.88. The number of likely N-dealkylation sites (tertiary alicyclic amines) is 1. The van der Waals surface area contributed by atoms with Gasteiger partial charge in [0, 0.05) is 37.8 Å². The number of amides is 1. The summed E-state index contributed by atoms with van der Waals surface area (Å²) in [5, 5.41) is 14.2. The number of nitrogens with zero attached hydrogens (tertiary/aromatic N) is 2. The number of carbonyl (C=O) groups is 1. The normalized spacial score (nSPS) is 18.3. The van der Waals surface area contributed by atoms with Gasteiger partial charge in [0.2, 0.25) is 0 Å². The van der Waals surface area contributed by atoms with Crippen molar-refractivity contribution in [3.63, 3.8) is 0 Å². The minimum Gasteiger partial charge on any atom is -0.444 e. The first-order valence-corrected chi connectivity index (χ1v) is 8.19. The van der Waals surface area contributed by atoms with Gasteiger partial charge < -0.3 is 15.0 Å². The summed E-state index contributed by atoms with van der Waals surface area (Å²) >= 11 is 0. The Labute approximate surface area is 142 Å². The van der Waals surface area contributed by atoms with E-state index in [1.807, 2.05) is 26.8 Å². The summed E-state index contributed by atoms with van der Waals surface area (Å²) in [6.07, 6.45) is 1.59. The monoisotopic (exact) mass is 335 g/mol. The van der Waals surface area contributed by atoms with Gasteiger partial charge in [-0.05, 0) is 39.2 Å². The molecule has 24 heavy (non-hydrogen) atoms. The fourth-order valence-electron chi connectivity index (χ4n) is 2.68. The third-order valence-electron chi connectivity index (χ3n) is 3.79. The van der Waals surface area contributed by atoms with Crippen LogP contribution in [0.2, 0.25) is 0 Å². The Hall–Kier alpha value is -2.15. The van der Waals surface area contributed by atoms with Crippen LogP contribution in [0.15, 0.2) is 24.3 Å². The minimum atomic E-state index is -0.500. The number of hydrogen-bond acceptors (Lipinski definition) is 5. The Morgan fingerprint density at radius 3 is 2.88 bits per heavy atom. The maximum Gasteiger partial charge on any atom is 0.410 e. The van der Waals surface area contributed by atoms with Gasteiger partial charge in [-0.1, -0.05) is 12.1 Å². The topological polar surface area (TPSA) is 84.7 Å². The van der Waals surface area contributed by atoms with Crippen LogP contribution in [0, 0.1) is 10.1 Å².